The fourth-order valence-corrected chi connectivity index (χ4v) is 1.17. The summed E-state index contributed by atoms with van der Waals surface area (Å²) < 4.78 is 5.42. The molecule has 0 amide bonds. The van der Waals surface area contributed by atoms with Crippen LogP contribution in [0.1, 0.15) is 33.4 Å². The quantitative estimate of drug-likeness (QED) is 0.792. The molecule has 1 aromatic heterocycles. The Hall–Kier alpha value is -1.13. The predicted octanol–water partition coefficient (Wildman–Crippen LogP) is 1.73. The number of rotatable bonds is 6. The molecule has 17 heavy (non-hydrogen) atoms. The molecule has 0 aliphatic heterocycles. The molecular formula is C13H22N2O2. The summed E-state index contributed by atoms with van der Waals surface area (Å²) in [6.45, 7) is 8.63. The van der Waals surface area contributed by atoms with Crippen molar-refractivity contribution in [2.24, 2.45) is 0 Å². The average molecular weight is 238 g/mol. The Bertz CT molecular complexity index is 328. The Labute approximate surface area is 103 Å². The van der Waals surface area contributed by atoms with Crippen LogP contribution in [0.4, 0.5) is 0 Å². The second kappa shape index (κ2) is 5.98. The highest BCUT2D eigenvalue weighted by Gasteiger charge is 2.13. The molecule has 4 heteroatoms. The highest BCUT2D eigenvalue weighted by atomic mass is 16.5. The van der Waals surface area contributed by atoms with Crippen molar-refractivity contribution in [1.82, 2.24) is 10.3 Å². The van der Waals surface area contributed by atoms with Gasteiger partial charge in [0.25, 0.3) is 0 Å². The zero-order valence-corrected chi connectivity index (χ0v) is 11.0. The maximum Gasteiger partial charge on any atom is 0.137 e. The fraction of sp³-hybridized carbons (Fsp3) is 0.615. The van der Waals surface area contributed by atoms with Gasteiger partial charge in [0.2, 0.25) is 0 Å². The van der Waals surface area contributed by atoms with Gasteiger partial charge in [0, 0.05) is 12.6 Å². The van der Waals surface area contributed by atoms with Crippen LogP contribution in [0.25, 0.3) is 0 Å². The minimum Gasteiger partial charge on any atom is -0.489 e. The molecule has 1 aromatic rings. The first-order valence-electron chi connectivity index (χ1n) is 5.90. The number of aliphatic hydroxyl groups is 1. The van der Waals surface area contributed by atoms with Gasteiger partial charge < -0.3 is 15.2 Å². The summed E-state index contributed by atoms with van der Waals surface area (Å²) in [6, 6.07) is 4.24. The van der Waals surface area contributed by atoms with Crippen molar-refractivity contribution in [2.45, 2.75) is 45.9 Å². The van der Waals surface area contributed by atoms with Crippen LogP contribution in [0.2, 0.25) is 0 Å². The Balaban J connectivity index is 2.45. The Kier molecular flexibility index (Phi) is 4.90. The van der Waals surface area contributed by atoms with Crippen molar-refractivity contribution < 1.29 is 9.84 Å². The molecule has 4 nitrogen and oxygen atoms in total. The van der Waals surface area contributed by atoms with Gasteiger partial charge in [-0.2, -0.15) is 0 Å². The topological polar surface area (TPSA) is 54.4 Å². The van der Waals surface area contributed by atoms with Gasteiger partial charge in [-0.3, -0.25) is 4.98 Å². The van der Waals surface area contributed by atoms with E-state index in [1.807, 2.05) is 12.1 Å². The first-order valence-corrected chi connectivity index (χ1v) is 5.90. The van der Waals surface area contributed by atoms with E-state index in [2.05, 4.69) is 24.1 Å². The lowest BCUT2D eigenvalue weighted by atomic mass is 10.2. The standard InChI is InChI=1S/C13H22N2O2/c1-10(2)14-7-11-5-6-12(8-15-11)17-9-13(3,4)16/h5-6,8,10,14,16H,7,9H2,1-4H3. The number of nitrogens with one attached hydrogen (secondary N) is 1. The predicted molar refractivity (Wildman–Crippen MR) is 68.0 cm³/mol. The van der Waals surface area contributed by atoms with E-state index in [0.29, 0.717) is 11.8 Å². The van der Waals surface area contributed by atoms with Crippen LogP contribution >= 0.6 is 0 Å². The maximum atomic E-state index is 9.52. The molecule has 0 saturated heterocycles. The fourth-order valence-electron chi connectivity index (χ4n) is 1.17. The van der Waals surface area contributed by atoms with Gasteiger partial charge >= 0.3 is 0 Å². The van der Waals surface area contributed by atoms with E-state index in [9.17, 15) is 5.11 Å². The lowest BCUT2D eigenvalue weighted by molar-refractivity contribution is 0.0283. The maximum absolute atomic E-state index is 9.52. The van der Waals surface area contributed by atoms with Crippen LogP contribution in [-0.2, 0) is 6.54 Å². The Morgan fingerprint density at radius 1 is 1.41 bits per heavy atom. The molecule has 96 valence electrons. The highest BCUT2D eigenvalue weighted by molar-refractivity contribution is 5.20. The monoisotopic (exact) mass is 238 g/mol. The van der Waals surface area contributed by atoms with E-state index >= 15 is 0 Å². The summed E-state index contributed by atoms with van der Waals surface area (Å²) in [5.41, 5.74) is 0.159. The molecular weight excluding hydrogens is 216 g/mol. The first-order chi connectivity index (χ1) is 7.87. The third-order valence-corrected chi connectivity index (χ3v) is 2.08. The lowest BCUT2D eigenvalue weighted by Gasteiger charge is -2.17. The third-order valence-electron chi connectivity index (χ3n) is 2.08. The van der Waals surface area contributed by atoms with Crippen molar-refractivity contribution in [1.29, 1.82) is 0 Å². The molecule has 2 N–H and O–H groups in total. The second-order valence-corrected chi connectivity index (χ2v) is 5.12. The third kappa shape index (κ3) is 6.24. The lowest BCUT2D eigenvalue weighted by Crippen LogP contribution is -2.27. The second-order valence-electron chi connectivity index (χ2n) is 5.12. The largest absolute Gasteiger partial charge is 0.489 e. The number of hydrogen-bond donors (Lipinski definition) is 2. The van der Waals surface area contributed by atoms with E-state index in [4.69, 9.17) is 4.74 Å². The van der Waals surface area contributed by atoms with Gasteiger partial charge in [0.15, 0.2) is 0 Å². The number of hydrogen-bond acceptors (Lipinski definition) is 4. The van der Waals surface area contributed by atoms with Crippen LogP contribution in [0, 0.1) is 0 Å². The van der Waals surface area contributed by atoms with Gasteiger partial charge in [-0.15, -0.1) is 0 Å². The van der Waals surface area contributed by atoms with Crippen LogP contribution in [0.5, 0.6) is 5.75 Å². The summed E-state index contributed by atoms with van der Waals surface area (Å²) >= 11 is 0. The van der Waals surface area contributed by atoms with Crippen molar-refractivity contribution >= 4 is 0 Å². The molecule has 1 heterocycles. The van der Waals surface area contributed by atoms with Gasteiger partial charge in [0.05, 0.1) is 17.5 Å². The summed E-state index contributed by atoms with van der Waals surface area (Å²) in [7, 11) is 0. The van der Waals surface area contributed by atoms with Crippen LogP contribution in [0.3, 0.4) is 0 Å². The number of aromatic nitrogens is 1. The SMILES string of the molecule is CC(C)NCc1ccc(OCC(C)(C)O)cn1. The van der Waals surface area contributed by atoms with Crippen LogP contribution in [-0.4, -0.2) is 28.3 Å². The minimum absolute atomic E-state index is 0.262. The number of pyridine rings is 1. The van der Waals surface area contributed by atoms with Gasteiger partial charge in [-0.25, -0.2) is 0 Å². The van der Waals surface area contributed by atoms with E-state index in [1.54, 1.807) is 20.0 Å². The summed E-state index contributed by atoms with van der Waals surface area (Å²) in [5.74, 6) is 0.681. The number of nitrogens with zero attached hydrogens (tertiary/aromatic N) is 1. The zero-order chi connectivity index (χ0) is 12.9. The van der Waals surface area contributed by atoms with E-state index in [1.165, 1.54) is 0 Å². The first kappa shape index (κ1) is 13.9. The average Bonchev–Trinajstić information content (AvgIpc) is 2.24. The molecule has 0 radical (unpaired) electrons. The molecule has 0 aliphatic rings. The van der Waals surface area contributed by atoms with Crippen LogP contribution in [0.15, 0.2) is 18.3 Å². The van der Waals surface area contributed by atoms with E-state index in [-0.39, 0.29) is 6.61 Å². The van der Waals surface area contributed by atoms with E-state index in [0.717, 1.165) is 12.2 Å². The summed E-state index contributed by atoms with van der Waals surface area (Å²) in [5, 5.41) is 12.8. The van der Waals surface area contributed by atoms with Crippen molar-refractivity contribution in [2.75, 3.05) is 6.61 Å². The molecule has 0 aliphatic carbocycles. The normalized spacial score (nSPS) is 11.9. The van der Waals surface area contributed by atoms with Crippen molar-refractivity contribution in [3.05, 3.63) is 24.0 Å². The van der Waals surface area contributed by atoms with Crippen molar-refractivity contribution in [3.8, 4) is 5.75 Å². The summed E-state index contributed by atoms with van der Waals surface area (Å²) in [4.78, 5) is 4.28. The molecule has 0 atom stereocenters. The molecule has 0 spiro atoms. The molecule has 0 aromatic carbocycles. The van der Waals surface area contributed by atoms with Crippen molar-refractivity contribution in [3.63, 3.8) is 0 Å². The van der Waals surface area contributed by atoms with Crippen LogP contribution < -0.4 is 10.1 Å². The Morgan fingerprint density at radius 2 is 2.12 bits per heavy atom. The molecule has 0 saturated carbocycles. The summed E-state index contributed by atoms with van der Waals surface area (Å²) in [6.07, 6.45) is 1.68. The molecule has 0 fully saturated rings. The Morgan fingerprint density at radius 3 is 2.59 bits per heavy atom. The minimum atomic E-state index is -0.822. The smallest absolute Gasteiger partial charge is 0.137 e. The number of ether oxygens (including phenoxy) is 1. The van der Waals surface area contributed by atoms with E-state index < -0.39 is 5.60 Å². The molecule has 1 rings (SSSR count). The zero-order valence-electron chi connectivity index (χ0n) is 11.0. The van der Waals surface area contributed by atoms with Gasteiger partial charge in [-0.1, -0.05) is 13.8 Å². The molecule has 0 unspecified atom stereocenters. The van der Waals surface area contributed by atoms with Gasteiger partial charge in [0.1, 0.15) is 12.4 Å². The van der Waals surface area contributed by atoms with Gasteiger partial charge in [-0.05, 0) is 26.0 Å². The highest BCUT2D eigenvalue weighted by Crippen LogP contribution is 2.12. The molecule has 0 bridgehead atoms.